The molecule has 88 valence electrons. The normalized spacial score (nSPS) is 15.9. The quantitative estimate of drug-likeness (QED) is 0.833. The van der Waals surface area contributed by atoms with Gasteiger partial charge >= 0.3 is 0 Å². The van der Waals surface area contributed by atoms with Crippen LogP contribution in [-0.4, -0.2) is 38.9 Å². The van der Waals surface area contributed by atoms with Crippen LogP contribution >= 0.6 is 22.9 Å². The van der Waals surface area contributed by atoms with E-state index in [2.05, 4.69) is 10.3 Å². The number of amides is 1. The predicted molar refractivity (Wildman–Crippen MR) is 64.3 cm³/mol. The van der Waals surface area contributed by atoms with E-state index in [1.165, 1.54) is 11.3 Å². The summed E-state index contributed by atoms with van der Waals surface area (Å²) in [5.74, 6) is 0.0401. The number of rotatable bonds is 2. The van der Waals surface area contributed by atoms with Gasteiger partial charge in [0.2, 0.25) is 0 Å². The van der Waals surface area contributed by atoms with Gasteiger partial charge in [-0.05, 0) is 12.1 Å². The van der Waals surface area contributed by atoms with Crippen LogP contribution in [0.2, 0.25) is 4.34 Å². The van der Waals surface area contributed by atoms with Gasteiger partial charge < -0.3 is 4.90 Å². The minimum atomic E-state index is 0.0401. The van der Waals surface area contributed by atoms with Crippen molar-refractivity contribution in [3.63, 3.8) is 0 Å². The molecule has 2 aromatic heterocycles. The summed E-state index contributed by atoms with van der Waals surface area (Å²) in [6.07, 6.45) is 3.46. The van der Waals surface area contributed by atoms with Crippen LogP contribution in [0.4, 0.5) is 0 Å². The molecule has 0 radical (unpaired) electrons. The Balaban J connectivity index is 1.64. The molecule has 0 saturated carbocycles. The Bertz CT molecular complexity index is 532. The van der Waals surface area contributed by atoms with Gasteiger partial charge in [-0.3, -0.25) is 4.79 Å². The highest BCUT2D eigenvalue weighted by atomic mass is 35.5. The maximum Gasteiger partial charge on any atom is 0.264 e. The smallest absolute Gasteiger partial charge is 0.264 e. The molecule has 1 amide bonds. The highest BCUT2D eigenvalue weighted by molar-refractivity contribution is 7.17. The Morgan fingerprint density at radius 3 is 2.88 bits per heavy atom. The highest BCUT2D eigenvalue weighted by Gasteiger charge is 2.33. The average Bonchev–Trinajstić information content (AvgIpc) is 2.86. The molecular formula is C10H9ClN4OS. The molecular weight excluding hydrogens is 260 g/mol. The molecule has 1 fully saturated rings. The summed E-state index contributed by atoms with van der Waals surface area (Å²) in [4.78, 5) is 14.5. The van der Waals surface area contributed by atoms with Crippen LogP contribution in [0.5, 0.6) is 0 Å². The van der Waals surface area contributed by atoms with E-state index in [9.17, 15) is 4.79 Å². The molecule has 5 nitrogen and oxygen atoms in total. The van der Waals surface area contributed by atoms with E-state index in [-0.39, 0.29) is 11.9 Å². The molecule has 1 saturated heterocycles. The number of nitrogens with zero attached hydrogens (tertiary/aromatic N) is 4. The van der Waals surface area contributed by atoms with Crippen LogP contribution < -0.4 is 0 Å². The van der Waals surface area contributed by atoms with Gasteiger partial charge in [-0.2, -0.15) is 0 Å². The lowest BCUT2D eigenvalue weighted by Crippen LogP contribution is -2.50. The van der Waals surface area contributed by atoms with Gasteiger partial charge in [-0.25, -0.2) is 4.68 Å². The molecule has 0 atom stereocenters. The Morgan fingerprint density at radius 1 is 1.47 bits per heavy atom. The van der Waals surface area contributed by atoms with Crippen LogP contribution in [-0.2, 0) is 0 Å². The van der Waals surface area contributed by atoms with Crippen molar-refractivity contribution in [3.05, 3.63) is 33.7 Å². The number of carbonyl (C=O) groups excluding carboxylic acids is 1. The molecule has 3 rings (SSSR count). The summed E-state index contributed by atoms with van der Waals surface area (Å²) in [5, 5.41) is 7.67. The first kappa shape index (κ1) is 10.7. The van der Waals surface area contributed by atoms with Gasteiger partial charge in [0.15, 0.2) is 0 Å². The lowest BCUT2D eigenvalue weighted by atomic mass is 10.1. The number of hydrogen-bond acceptors (Lipinski definition) is 4. The summed E-state index contributed by atoms with van der Waals surface area (Å²) >= 11 is 7.12. The number of likely N-dealkylation sites (tertiary alicyclic amines) is 1. The lowest BCUT2D eigenvalue weighted by molar-refractivity contribution is 0.0503. The van der Waals surface area contributed by atoms with E-state index in [0.29, 0.717) is 22.3 Å². The number of hydrogen-bond donors (Lipinski definition) is 0. The minimum absolute atomic E-state index is 0.0401. The van der Waals surface area contributed by atoms with E-state index in [0.717, 1.165) is 0 Å². The van der Waals surface area contributed by atoms with Crippen molar-refractivity contribution in [2.24, 2.45) is 0 Å². The van der Waals surface area contributed by atoms with Crippen LogP contribution in [0, 0.1) is 0 Å². The van der Waals surface area contributed by atoms with E-state index in [4.69, 9.17) is 11.6 Å². The second-order valence-electron chi connectivity index (χ2n) is 3.85. The van der Waals surface area contributed by atoms with Crippen molar-refractivity contribution in [2.45, 2.75) is 6.04 Å². The highest BCUT2D eigenvalue weighted by Crippen LogP contribution is 2.27. The van der Waals surface area contributed by atoms with E-state index in [1.807, 2.05) is 6.20 Å². The summed E-state index contributed by atoms with van der Waals surface area (Å²) in [5.41, 5.74) is 0. The molecule has 0 aromatic carbocycles. The van der Waals surface area contributed by atoms with Crippen LogP contribution in [0.1, 0.15) is 15.7 Å². The monoisotopic (exact) mass is 268 g/mol. The maximum absolute atomic E-state index is 12.0. The van der Waals surface area contributed by atoms with E-state index < -0.39 is 0 Å². The van der Waals surface area contributed by atoms with Gasteiger partial charge in [-0.15, -0.1) is 16.4 Å². The molecule has 0 N–H and O–H groups in total. The Hall–Kier alpha value is -1.40. The second kappa shape index (κ2) is 4.12. The Morgan fingerprint density at radius 2 is 2.29 bits per heavy atom. The van der Waals surface area contributed by atoms with Crippen LogP contribution in [0.3, 0.4) is 0 Å². The van der Waals surface area contributed by atoms with Crippen molar-refractivity contribution in [1.82, 2.24) is 19.9 Å². The van der Waals surface area contributed by atoms with Crippen molar-refractivity contribution < 1.29 is 4.79 Å². The van der Waals surface area contributed by atoms with Crippen molar-refractivity contribution >= 4 is 28.8 Å². The van der Waals surface area contributed by atoms with Crippen LogP contribution in [0.25, 0.3) is 0 Å². The Labute approximate surface area is 107 Å². The molecule has 0 spiro atoms. The summed E-state index contributed by atoms with van der Waals surface area (Å²) in [7, 11) is 0. The minimum Gasteiger partial charge on any atom is -0.334 e. The SMILES string of the molecule is O=C(c1ccc(Cl)s1)N1CC(n2ccnn2)C1. The first-order valence-electron chi connectivity index (χ1n) is 5.14. The predicted octanol–water partition coefficient (Wildman–Crippen LogP) is 1.69. The average molecular weight is 269 g/mol. The zero-order valence-electron chi connectivity index (χ0n) is 8.78. The summed E-state index contributed by atoms with van der Waals surface area (Å²) in [6, 6.07) is 3.75. The number of thiophene rings is 1. The van der Waals surface area contributed by atoms with Crippen LogP contribution in [0.15, 0.2) is 24.5 Å². The van der Waals surface area contributed by atoms with Crippen molar-refractivity contribution in [2.75, 3.05) is 13.1 Å². The molecule has 0 aliphatic carbocycles. The van der Waals surface area contributed by atoms with Gasteiger partial charge in [0.25, 0.3) is 5.91 Å². The molecule has 7 heteroatoms. The molecule has 1 aliphatic rings. The van der Waals surface area contributed by atoms with E-state index >= 15 is 0 Å². The first-order chi connectivity index (χ1) is 8.24. The van der Waals surface area contributed by atoms with Gasteiger partial charge in [0.1, 0.15) is 0 Å². The molecule has 17 heavy (non-hydrogen) atoms. The fourth-order valence-electron chi connectivity index (χ4n) is 1.79. The third-order valence-corrected chi connectivity index (χ3v) is 3.97. The molecule has 1 aliphatic heterocycles. The van der Waals surface area contributed by atoms with Crippen molar-refractivity contribution in [1.29, 1.82) is 0 Å². The fraction of sp³-hybridized carbons (Fsp3) is 0.300. The van der Waals surface area contributed by atoms with Gasteiger partial charge in [0, 0.05) is 19.3 Å². The Kier molecular flexibility index (Phi) is 2.60. The third-order valence-electron chi connectivity index (χ3n) is 2.75. The first-order valence-corrected chi connectivity index (χ1v) is 6.34. The van der Waals surface area contributed by atoms with E-state index in [1.54, 1.807) is 27.9 Å². The fourth-order valence-corrected chi connectivity index (χ4v) is 2.80. The number of carbonyl (C=O) groups is 1. The lowest BCUT2D eigenvalue weighted by Gasteiger charge is -2.38. The summed E-state index contributed by atoms with van der Waals surface area (Å²) < 4.78 is 2.42. The number of aromatic nitrogens is 3. The molecule has 3 heterocycles. The zero-order chi connectivity index (χ0) is 11.8. The third kappa shape index (κ3) is 1.94. The van der Waals surface area contributed by atoms with Gasteiger partial charge in [-0.1, -0.05) is 16.8 Å². The topological polar surface area (TPSA) is 51.0 Å². The summed E-state index contributed by atoms with van der Waals surface area (Å²) in [6.45, 7) is 1.36. The van der Waals surface area contributed by atoms with Crippen molar-refractivity contribution in [3.8, 4) is 0 Å². The van der Waals surface area contributed by atoms with Gasteiger partial charge in [0.05, 0.1) is 21.5 Å². The molecule has 2 aromatic rings. The molecule has 0 bridgehead atoms. The number of halogens is 1. The zero-order valence-corrected chi connectivity index (χ0v) is 10.4. The standard InChI is InChI=1S/C10H9ClN4OS/c11-9-2-1-8(17-9)10(16)14-5-7(6-14)15-4-3-12-13-15/h1-4,7H,5-6H2. The molecule has 0 unspecified atom stereocenters. The largest absolute Gasteiger partial charge is 0.334 e. The second-order valence-corrected chi connectivity index (χ2v) is 5.57. The maximum atomic E-state index is 12.0.